The molecule has 10 heteroatoms. The fourth-order valence-corrected chi connectivity index (χ4v) is 8.43. The highest BCUT2D eigenvalue weighted by Crippen LogP contribution is 2.43. The van der Waals surface area contributed by atoms with Crippen LogP contribution in [0.3, 0.4) is 0 Å². The number of phosphoric acid groups is 1. The van der Waals surface area contributed by atoms with E-state index in [0.29, 0.717) is 23.9 Å². The second kappa shape index (κ2) is 46.7. The van der Waals surface area contributed by atoms with Crippen molar-refractivity contribution in [2.75, 3.05) is 40.9 Å². The maximum atomic E-state index is 13.5. The van der Waals surface area contributed by atoms with Crippen LogP contribution in [0.25, 0.3) is 0 Å². The van der Waals surface area contributed by atoms with E-state index in [1.165, 1.54) is 141 Å². The van der Waals surface area contributed by atoms with E-state index in [-0.39, 0.29) is 25.5 Å². The minimum absolute atomic E-state index is 0.0319. The number of nitrogens with zero attached hydrogens (tertiary/aromatic N) is 1. The molecule has 0 aliphatic carbocycles. The number of unbranched alkanes of at least 4 members (excludes halogenated alkanes) is 27. The van der Waals surface area contributed by atoms with Crippen molar-refractivity contribution < 1.29 is 37.3 Å². The van der Waals surface area contributed by atoms with Crippen molar-refractivity contribution in [1.82, 2.24) is 5.32 Å². The van der Waals surface area contributed by atoms with E-state index in [2.05, 4.69) is 56.5 Å². The first-order chi connectivity index (χ1) is 31.9. The van der Waals surface area contributed by atoms with Crippen LogP contribution in [0.2, 0.25) is 0 Å². The Hall–Kier alpha value is -2.03. The van der Waals surface area contributed by atoms with Crippen molar-refractivity contribution >= 4 is 19.7 Å². The summed E-state index contributed by atoms with van der Waals surface area (Å²) in [6.07, 6.45) is 55.4. The number of phosphoric ester groups is 1. The van der Waals surface area contributed by atoms with Crippen LogP contribution in [0.15, 0.2) is 48.6 Å². The number of hydrogen-bond acceptors (Lipinski definition) is 6. The maximum absolute atomic E-state index is 13.5. The molecule has 9 nitrogen and oxygen atoms in total. The Morgan fingerprint density at radius 3 is 1.42 bits per heavy atom. The van der Waals surface area contributed by atoms with Gasteiger partial charge in [0, 0.05) is 12.8 Å². The second-order valence-corrected chi connectivity index (χ2v) is 21.2. The molecule has 0 heterocycles. The number of quaternary nitrogens is 1. The Bertz CT molecular complexity index is 1280. The van der Waals surface area contributed by atoms with Crippen molar-refractivity contribution in [3.63, 3.8) is 0 Å². The van der Waals surface area contributed by atoms with E-state index in [4.69, 9.17) is 13.8 Å². The van der Waals surface area contributed by atoms with Gasteiger partial charge in [0.2, 0.25) is 5.91 Å². The predicted molar refractivity (Wildman–Crippen MR) is 282 cm³/mol. The van der Waals surface area contributed by atoms with E-state index in [1.54, 1.807) is 0 Å². The zero-order valence-electron chi connectivity index (χ0n) is 43.9. The first-order valence-electron chi connectivity index (χ1n) is 27.5. The summed E-state index contributed by atoms with van der Waals surface area (Å²) in [6.45, 7) is 6.94. The fraction of sp³-hybridized carbons (Fsp3) is 0.821. The van der Waals surface area contributed by atoms with Gasteiger partial charge in [0.15, 0.2) is 0 Å². The van der Waals surface area contributed by atoms with Gasteiger partial charge in [-0.25, -0.2) is 4.57 Å². The van der Waals surface area contributed by atoms with Crippen LogP contribution in [-0.4, -0.2) is 74.3 Å². The highest BCUT2D eigenvalue weighted by atomic mass is 31.2. The summed E-state index contributed by atoms with van der Waals surface area (Å²) in [5.74, 6) is -0.587. The lowest BCUT2D eigenvalue weighted by Crippen LogP contribution is -2.47. The van der Waals surface area contributed by atoms with Gasteiger partial charge in [-0.1, -0.05) is 205 Å². The van der Waals surface area contributed by atoms with Gasteiger partial charge in [0.25, 0.3) is 0 Å². The molecule has 0 aromatic rings. The molecule has 66 heavy (non-hydrogen) atoms. The molecule has 2 N–H and O–H groups in total. The van der Waals surface area contributed by atoms with Gasteiger partial charge in [-0.15, -0.1) is 0 Å². The standard InChI is InChI=1S/C56H105N2O7P/c1-7-10-13-16-19-22-25-28-29-31-33-36-39-42-45-48-55(59)57-53(52-64-66(61,62)63-51-50-58(4,5)6)54(47-44-41-38-35-32-27-24-21-18-15-12-9-3)65-56(60)49-46-43-40-37-34-30-26-23-20-17-14-11-8-2/h22,25,30,34,40,43-44,47,53-54H,7-21,23-24,26-29,31-33,35-39,41-42,45-46,48-52H2,1-6H3,(H-,57,59,61,62)/p+1/b25-22-,34-30-,43-40+,47-44+. The van der Waals surface area contributed by atoms with E-state index >= 15 is 0 Å². The van der Waals surface area contributed by atoms with Crippen LogP contribution in [0.5, 0.6) is 0 Å². The van der Waals surface area contributed by atoms with Crippen molar-refractivity contribution in [1.29, 1.82) is 0 Å². The van der Waals surface area contributed by atoms with Crippen LogP contribution in [-0.2, 0) is 27.9 Å². The number of hydrogen-bond donors (Lipinski definition) is 2. The zero-order chi connectivity index (χ0) is 48.7. The molecule has 3 atom stereocenters. The summed E-state index contributed by atoms with van der Waals surface area (Å²) < 4.78 is 30.5. The molecule has 0 spiro atoms. The SMILES string of the molecule is CCCCCC/C=C\CCCCCCCCCC(=O)NC(COP(=O)(O)OCC[N+](C)(C)C)C(/C=C/CCCCCCCCCCCC)OC(=O)CC/C=C/C/C=C\CCCCCCCC. The molecule has 0 bridgehead atoms. The smallest absolute Gasteiger partial charge is 0.456 e. The van der Waals surface area contributed by atoms with Crippen molar-refractivity contribution in [2.45, 2.75) is 258 Å². The molecule has 386 valence electrons. The average molecular weight is 950 g/mol. The largest absolute Gasteiger partial charge is 0.472 e. The minimum Gasteiger partial charge on any atom is -0.456 e. The third-order valence-electron chi connectivity index (χ3n) is 12.0. The molecular formula is C56H106N2O7P+. The topological polar surface area (TPSA) is 111 Å². The number of allylic oxidation sites excluding steroid dienone is 7. The number of nitrogens with one attached hydrogen (secondary N) is 1. The molecule has 0 saturated heterocycles. The van der Waals surface area contributed by atoms with Gasteiger partial charge in [0.1, 0.15) is 19.3 Å². The van der Waals surface area contributed by atoms with Crippen LogP contribution in [0, 0.1) is 0 Å². The third-order valence-corrected chi connectivity index (χ3v) is 13.0. The summed E-state index contributed by atoms with van der Waals surface area (Å²) in [6, 6.07) is -0.870. The van der Waals surface area contributed by atoms with Crippen LogP contribution in [0.4, 0.5) is 0 Å². The zero-order valence-corrected chi connectivity index (χ0v) is 44.8. The summed E-state index contributed by atoms with van der Waals surface area (Å²) >= 11 is 0. The average Bonchev–Trinajstić information content (AvgIpc) is 3.27. The third kappa shape index (κ3) is 47.1. The molecule has 0 aromatic heterocycles. The monoisotopic (exact) mass is 950 g/mol. The minimum atomic E-state index is -4.45. The number of esters is 1. The highest BCUT2D eigenvalue weighted by molar-refractivity contribution is 7.47. The summed E-state index contributed by atoms with van der Waals surface area (Å²) in [4.78, 5) is 37.4. The van der Waals surface area contributed by atoms with Gasteiger partial charge < -0.3 is 19.4 Å². The first-order valence-corrected chi connectivity index (χ1v) is 29.0. The number of carbonyl (C=O) groups excluding carboxylic acids is 2. The van der Waals surface area contributed by atoms with Gasteiger partial charge in [0.05, 0.1) is 33.8 Å². The quantitative estimate of drug-likeness (QED) is 0.0205. The van der Waals surface area contributed by atoms with Gasteiger partial charge in [-0.2, -0.15) is 0 Å². The number of carbonyl (C=O) groups is 2. The van der Waals surface area contributed by atoms with E-state index < -0.39 is 25.9 Å². The number of rotatable bonds is 49. The van der Waals surface area contributed by atoms with E-state index in [9.17, 15) is 19.0 Å². The number of ether oxygens (including phenoxy) is 1. The highest BCUT2D eigenvalue weighted by Gasteiger charge is 2.30. The molecule has 0 rings (SSSR count). The van der Waals surface area contributed by atoms with Crippen molar-refractivity contribution in [2.24, 2.45) is 0 Å². The maximum Gasteiger partial charge on any atom is 0.472 e. The lowest BCUT2D eigenvalue weighted by Gasteiger charge is -2.27. The Kier molecular flexibility index (Phi) is 45.3. The molecular weight excluding hydrogens is 844 g/mol. The van der Waals surface area contributed by atoms with E-state index in [1.807, 2.05) is 39.4 Å². The Morgan fingerprint density at radius 2 is 0.939 bits per heavy atom. The van der Waals surface area contributed by atoms with Gasteiger partial charge in [-0.05, 0) is 76.7 Å². The molecule has 0 fully saturated rings. The van der Waals surface area contributed by atoms with Crippen LogP contribution in [0.1, 0.15) is 245 Å². The van der Waals surface area contributed by atoms with E-state index in [0.717, 1.165) is 64.2 Å². The summed E-state index contributed by atoms with van der Waals surface area (Å²) in [7, 11) is 1.47. The second-order valence-electron chi connectivity index (χ2n) is 19.7. The molecule has 0 aliphatic rings. The van der Waals surface area contributed by atoms with Crippen LogP contribution < -0.4 is 5.32 Å². The van der Waals surface area contributed by atoms with Crippen molar-refractivity contribution in [3.05, 3.63) is 48.6 Å². The molecule has 0 radical (unpaired) electrons. The lowest BCUT2D eigenvalue weighted by atomic mass is 10.0. The fourth-order valence-electron chi connectivity index (χ4n) is 7.69. The predicted octanol–water partition coefficient (Wildman–Crippen LogP) is 16.2. The Morgan fingerprint density at radius 1 is 0.530 bits per heavy atom. The molecule has 1 amide bonds. The summed E-state index contributed by atoms with van der Waals surface area (Å²) in [5, 5.41) is 3.02. The number of amides is 1. The Balaban J connectivity index is 5.46. The molecule has 0 saturated carbocycles. The molecule has 0 aromatic carbocycles. The molecule has 0 aliphatic heterocycles. The molecule has 3 unspecified atom stereocenters. The van der Waals surface area contributed by atoms with Crippen LogP contribution >= 0.6 is 7.82 Å². The number of likely N-dealkylation sites (N-methyl/N-ethyl adjacent to an activating group) is 1. The Labute approximate surface area is 408 Å². The lowest BCUT2D eigenvalue weighted by molar-refractivity contribution is -0.870. The van der Waals surface area contributed by atoms with Crippen molar-refractivity contribution in [3.8, 4) is 0 Å². The first kappa shape index (κ1) is 64.0. The van der Waals surface area contributed by atoms with Gasteiger partial charge in [-0.3, -0.25) is 18.6 Å². The normalized spacial score (nSPS) is 14.2. The summed E-state index contributed by atoms with van der Waals surface area (Å²) in [5.41, 5.74) is 0. The van der Waals surface area contributed by atoms with Gasteiger partial charge >= 0.3 is 13.8 Å².